The van der Waals surface area contributed by atoms with Crippen molar-refractivity contribution in [1.82, 2.24) is 9.78 Å². The Kier molecular flexibility index (Phi) is 2.63. The van der Waals surface area contributed by atoms with E-state index < -0.39 is 0 Å². The maximum Gasteiger partial charge on any atom is 0.170 e. The van der Waals surface area contributed by atoms with Crippen molar-refractivity contribution in [3.63, 3.8) is 0 Å². The zero-order valence-electron chi connectivity index (χ0n) is 8.49. The number of aromatic nitrogens is 2. The molecule has 76 valence electrons. The highest BCUT2D eigenvalue weighted by Gasteiger charge is 2.21. The third kappa shape index (κ3) is 1.47. The number of rotatable bonds is 2. The number of carbonyl (C=O) groups is 1. The molecule has 0 amide bonds. The third-order valence-electron chi connectivity index (χ3n) is 2.48. The van der Waals surface area contributed by atoms with Crippen molar-refractivity contribution in [1.29, 1.82) is 0 Å². The summed E-state index contributed by atoms with van der Waals surface area (Å²) < 4.78 is 2.00. The molecule has 0 spiro atoms. The fraction of sp³-hybridized carbons (Fsp3) is 0.600. The summed E-state index contributed by atoms with van der Waals surface area (Å²) in [6.45, 7) is 4.20. The molecule has 0 atom stereocenters. The van der Waals surface area contributed by atoms with Gasteiger partial charge in [-0.15, -0.1) is 0 Å². The Morgan fingerprint density at radius 3 is 3.00 bits per heavy atom. The van der Waals surface area contributed by atoms with Gasteiger partial charge in [0.15, 0.2) is 6.29 Å². The molecule has 2 heterocycles. The summed E-state index contributed by atoms with van der Waals surface area (Å²) in [5.74, 6) is 2.08. The third-order valence-corrected chi connectivity index (χ3v) is 3.47. The van der Waals surface area contributed by atoms with Gasteiger partial charge in [0.2, 0.25) is 0 Å². The minimum absolute atomic E-state index is 0.348. The average Bonchev–Trinajstić information content (AvgIpc) is 2.56. The van der Waals surface area contributed by atoms with Gasteiger partial charge >= 0.3 is 0 Å². The highest BCUT2D eigenvalue weighted by atomic mass is 32.2. The van der Waals surface area contributed by atoms with Gasteiger partial charge < -0.3 is 0 Å². The van der Waals surface area contributed by atoms with Crippen LogP contribution in [-0.2, 0) is 12.2 Å². The predicted molar refractivity (Wildman–Crippen MR) is 57.9 cm³/mol. The summed E-state index contributed by atoms with van der Waals surface area (Å²) in [6.07, 6.45) is 1.92. The van der Waals surface area contributed by atoms with Crippen LogP contribution in [0.1, 0.15) is 41.6 Å². The standard InChI is InChI=1S/C10H14N2OS/c1-7(2)12-10-3-4-14-6-8(10)9(5-13)11-12/h5,7H,3-4,6H2,1-2H3. The van der Waals surface area contributed by atoms with Crippen LogP contribution in [0.4, 0.5) is 0 Å². The van der Waals surface area contributed by atoms with Crippen molar-refractivity contribution in [2.45, 2.75) is 32.1 Å². The van der Waals surface area contributed by atoms with Gasteiger partial charge in [-0.1, -0.05) is 0 Å². The van der Waals surface area contributed by atoms with Crippen molar-refractivity contribution < 1.29 is 4.79 Å². The maximum absolute atomic E-state index is 10.8. The zero-order chi connectivity index (χ0) is 10.1. The second-order valence-electron chi connectivity index (χ2n) is 3.77. The summed E-state index contributed by atoms with van der Waals surface area (Å²) in [5, 5.41) is 4.35. The van der Waals surface area contributed by atoms with Crippen LogP contribution in [-0.4, -0.2) is 21.8 Å². The number of hydrogen-bond acceptors (Lipinski definition) is 3. The molecule has 0 bridgehead atoms. The summed E-state index contributed by atoms with van der Waals surface area (Å²) in [4.78, 5) is 10.8. The lowest BCUT2D eigenvalue weighted by Crippen LogP contribution is -2.11. The van der Waals surface area contributed by atoms with Gasteiger partial charge in [-0.05, 0) is 26.0 Å². The number of thioether (sulfide) groups is 1. The smallest absolute Gasteiger partial charge is 0.170 e. The van der Waals surface area contributed by atoms with Crippen LogP contribution in [0.3, 0.4) is 0 Å². The van der Waals surface area contributed by atoms with Gasteiger partial charge in [0.05, 0.1) is 0 Å². The molecular formula is C10H14N2OS. The first kappa shape index (κ1) is 9.77. The van der Waals surface area contributed by atoms with E-state index in [2.05, 4.69) is 18.9 Å². The SMILES string of the molecule is CC(C)n1nc(C=O)c2c1CCSC2. The predicted octanol–water partition coefficient (Wildman–Crippen LogP) is 2.07. The second-order valence-corrected chi connectivity index (χ2v) is 4.87. The Hall–Kier alpha value is -0.770. The number of aldehydes is 1. The monoisotopic (exact) mass is 210 g/mol. The van der Waals surface area contributed by atoms with Crippen LogP contribution >= 0.6 is 11.8 Å². The molecule has 4 heteroatoms. The van der Waals surface area contributed by atoms with Gasteiger partial charge in [0.1, 0.15) is 5.69 Å². The molecule has 0 aromatic carbocycles. The Bertz CT molecular complexity index is 357. The van der Waals surface area contributed by atoms with E-state index in [4.69, 9.17) is 0 Å². The summed E-state index contributed by atoms with van der Waals surface area (Å²) in [5.41, 5.74) is 3.06. The van der Waals surface area contributed by atoms with Gasteiger partial charge in [0.25, 0.3) is 0 Å². The van der Waals surface area contributed by atoms with Crippen LogP contribution in [0.5, 0.6) is 0 Å². The molecule has 0 saturated heterocycles. The first-order valence-corrected chi connectivity index (χ1v) is 6.02. The fourth-order valence-electron chi connectivity index (χ4n) is 1.81. The molecule has 0 saturated carbocycles. The fourth-order valence-corrected chi connectivity index (χ4v) is 2.81. The molecule has 14 heavy (non-hydrogen) atoms. The van der Waals surface area contributed by atoms with Crippen LogP contribution < -0.4 is 0 Å². The van der Waals surface area contributed by atoms with E-state index in [0.29, 0.717) is 11.7 Å². The summed E-state index contributed by atoms with van der Waals surface area (Å²) in [7, 11) is 0. The van der Waals surface area contributed by atoms with Crippen LogP contribution in [0.25, 0.3) is 0 Å². The molecule has 0 radical (unpaired) electrons. The lowest BCUT2D eigenvalue weighted by atomic mass is 10.1. The number of hydrogen-bond donors (Lipinski definition) is 0. The molecule has 2 rings (SSSR count). The van der Waals surface area contributed by atoms with Crippen molar-refractivity contribution in [3.05, 3.63) is 17.0 Å². The Morgan fingerprint density at radius 2 is 2.36 bits per heavy atom. The molecular weight excluding hydrogens is 196 g/mol. The van der Waals surface area contributed by atoms with Gasteiger partial charge in [-0.25, -0.2) is 0 Å². The van der Waals surface area contributed by atoms with E-state index in [9.17, 15) is 4.79 Å². The second kappa shape index (κ2) is 3.77. The van der Waals surface area contributed by atoms with Crippen molar-refractivity contribution in [2.24, 2.45) is 0 Å². The normalized spacial score (nSPS) is 15.6. The zero-order valence-corrected chi connectivity index (χ0v) is 9.30. The molecule has 3 nitrogen and oxygen atoms in total. The van der Waals surface area contributed by atoms with Crippen molar-refractivity contribution in [3.8, 4) is 0 Å². The number of carbonyl (C=O) groups excluding carboxylic acids is 1. The molecule has 1 aliphatic heterocycles. The molecule has 1 aromatic rings. The first-order chi connectivity index (χ1) is 6.74. The summed E-state index contributed by atoms with van der Waals surface area (Å²) >= 11 is 1.88. The van der Waals surface area contributed by atoms with Crippen LogP contribution in [0, 0.1) is 0 Å². The number of fused-ring (bicyclic) bond motifs is 1. The van der Waals surface area contributed by atoms with Crippen molar-refractivity contribution in [2.75, 3.05) is 5.75 Å². The van der Waals surface area contributed by atoms with Crippen LogP contribution in [0.2, 0.25) is 0 Å². The van der Waals surface area contributed by atoms with Crippen molar-refractivity contribution >= 4 is 18.0 Å². The topological polar surface area (TPSA) is 34.9 Å². The Morgan fingerprint density at radius 1 is 1.57 bits per heavy atom. The largest absolute Gasteiger partial charge is 0.296 e. The van der Waals surface area contributed by atoms with Crippen LogP contribution in [0.15, 0.2) is 0 Å². The van der Waals surface area contributed by atoms with E-state index in [-0.39, 0.29) is 0 Å². The molecule has 0 unspecified atom stereocenters. The lowest BCUT2D eigenvalue weighted by molar-refractivity contribution is 0.111. The summed E-state index contributed by atoms with van der Waals surface area (Å²) in [6, 6.07) is 0.348. The molecule has 1 aromatic heterocycles. The van der Waals surface area contributed by atoms with E-state index in [1.165, 1.54) is 5.69 Å². The van der Waals surface area contributed by atoms with E-state index in [0.717, 1.165) is 29.8 Å². The van der Waals surface area contributed by atoms with Gasteiger partial charge in [0, 0.05) is 23.1 Å². The number of nitrogens with zero attached hydrogens (tertiary/aromatic N) is 2. The van der Waals surface area contributed by atoms with E-state index in [1.807, 2.05) is 16.4 Å². The average molecular weight is 210 g/mol. The minimum atomic E-state index is 0.348. The lowest BCUT2D eigenvalue weighted by Gasteiger charge is -2.15. The molecule has 1 aliphatic rings. The minimum Gasteiger partial charge on any atom is -0.296 e. The highest BCUT2D eigenvalue weighted by Crippen LogP contribution is 2.28. The van der Waals surface area contributed by atoms with E-state index in [1.54, 1.807) is 0 Å². The highest BCUT2D eigenvalue weighted by molar-refractivity contribution is 7.98. The maximum atomic E-state index is 10.8. The quantitative estimate of drug-likeness (QED) is 0.701. The Labute approximate surface area is 87.9 Å². The molecule has 0 fully saturated rings. The van der Waals surface area contributed by atoms with Gasteiger partial charge in [-0.2, -0.15) is 16.9 Å². The molecule has 0 aliphatic carbocycles. The Balaban J connectivity index is 2.52. The van der Waals surface area contributed by atoms with Gasteiger partial charge in [-0.3, -0.25) is 9.48 Å². The first-order valence-electron chi connectivity index (χ1n) is 4.87. The molecule has 0 N–H and O–H groups in total. The van der Waals surface area contributed by atoms with E-state index >= 15 is 0 Å².